The van der Waals surface area contributed by atoms with Crippen molar-refractivity contribution in [2.24, 2.45) is 11.8 Å². The van der Waals surface area contributed by atoms with E-state index in [9.17, 15) is 18.8 Å². The lowest BCUT2D eigenvalue weighted by atomic mass is 9.96. The number of amides is 2. The summed E-state index contributed by atoms with van der Waals surface area (Å²) in [4.78, 5) is 40.6. The van der Waals surface area contributed by atoms with Crippen LogP contribution in [0.1, 0.15) is 31.7 Å². The number of nitrogens with zero attached hydrogens (tertiary/aromatic N) is 2. The van der Waals surface area contributed by atoms with Gasteiger partial charge in [-0.05, 0) is 43.9 Å². The molecule has 2 unspecified atom stereocenters. The minimum Gasteiger partial charge on any atom is -0.466 e. The van der Waals surface area contributed by atoms with E-state index in [-0.39, 0.29) is 41.9 Å². The molecule has 2 amide bonds. The van der Waals surface area contributed by atoms with Crippen molar-refractivity contribution in [2.45, 2.75) is 32.6 Å². The van der Waals surface area contributed by atoms with Crippen molar-refractivity contribution in [1.82, 2.24) is 9.80 Å². The Balaban J connectivity index is 1.52. The smallest absolute Gasteiger partial charge is 0.310 e. The van der Waals surface area contributed by atoms with Gasteiger partial charge in [-0.2, -0.15) is 0 Å². The van der Waals surface area contributed by atoms with Crippen LogP contribution in [0, 0.1) is 17.7 Å². The SMILES string of the molecule is CCOC(=O)C1CCCN(C(=O)C2CC(=O)N(CCc3ccc(F)cc3)C2)C1. The predicted molar refractivity (Wildman–Crippen MR) is 101 cm³/mol. The average molecular weight is 390 g/mol. The van der Waals surface area contributed by atoms with Crippen LogP contribution in [-0.2, 0) is 25.5 Å². The third-order valence-electron chi connectivity index (χ3n) is 5.50. The number of esters is 1. The standard InChI is InChI=1S/C21H27FN2O4/c1-2-28-21(27)16-4-3-10-24(13-16)20(26)17-12-19(25)23(14-17)11-9-15-5-7-18(22)8-6-15/h5-8,16-17H,2-4,9-14H2,1H3. The van der Waals surface area contributed by atoms with Crippen LogP contribution in [-0.4, -0.2) is 60.4 Å². The summed E-state index contributed by atoms with van der Waals surface area (Å²) in [6, 6.07) is 6.23. The maximum absolute atomic E-state index is 13.0. The third-order valence-corrected chi connectivity index (χ3v) is 5.50. The number of hydrogen-bond acceptors (Lipinski definition) is 4. The lowest BCUT2D eigenvalue weighted by Gasteiger charge is -2.33. The number of carbonyl (C=O) groups excluding carboxylic acids is 3. The average Bonchev–Trinajstić information content (AvgIpc) is 3.08. The van der Waals surface area contributed by atoms with Crippen LogP contribution in [0.5, 0.6) is 0 Å². The molecule has 0 spiro atoms. The van der Waals surface area contributed by atoms with Crippen molar-refractivity contribution in [3.05, 3.63) is 35.6 Å². The number of halogens is 1. The number of piperidine rings is 1. The molecule has 2 heterocycles. The maximum Gasteiger partial charge on any atom is 0.310 e. The van der Waals surface area contributed by atoms with Gasteiger partial charge in [-0.25, -0.2) is 4.39 Å². The minimum atomic E-state index is -0.360. The van der Waals surface area contributed by atoms with E-state index in [1.807, 2.05) is 0 Å². The van der Waals surface area contributed by atoms with Gasteiger partial charge in [-0.1, -0.05) is 12.1 Å². The van der Waals surface area contributed by atoms with Gasteiger partial charge in [0.15, 0.2) is 0 Å². The first-order valence-corrected chi connectivity index (χ1v) is 9.95. The Morgan fingerprint density at radius 3 is 2.64 bits per heavy atom. The second-order valence-corrected chi connectivity index (χ2v) is 7.49. The quantitative estimate of drug-likeness (QED) is 0.697. The molecule has 0 bridgehead atoms. The molecule has 0 aliphatic carbocycles. The molecule has 1 aromatic carbocycles. The maximum atomic E-state index is 13.0. The Bertz CT molecular complexity index is 722. The van der Waals surface area contributed by atoms with E-state index in [0.29, 0.717) is 39.2 Å². The van der Waals surface area contributed by atoms with Crippen molar-refractivity contribution < 1.29 is 23.5 Å². The summed E-state index contributed by atoms with van der Waals surface area (Å²) in [6.07, 6.45) is 2.34. The van der Waals surface area contributed by atoms with E-state index in [1.165, 1.54) is 12.1 Å². The monoisotopic (exact) mass is 390 g/mol. The van der Waals surface area contributed by atoms with Crippen LogP contribution in [0.3, 0.4) is 0 Å². The van der Waals surface area contributed by atoms with Gasteiger partial charge in [-0.3, -0.25) is 14.4 Å². The Labute approximate surface area is 164 Å². The summed E-state index contributed by atoms with van der Waals surface area (Å²) < 4.78 is 18.1. The molecule has 3 rings (SSSR count). The summed E-state index contributed by atoms with van der Waals surface area (Å²) in [5.41, 5.74) is 0.956. The van der Waals surface area contributed by atoms with Crippen LogP contribution < -0.4 is 0 Å². The van der Waals surface area contributed by atoms with E-state index in [0.717, 1.165) is 18.4 Å². The Kier molecular flexibility index (Phi) is 6.65. The van der Waals surface area contributed by atoms with E-state index in [4.69, 9.17) is 4.74 Å². The highest BCUT2D eigenvalue weighted by Gasteiger charge is 2.38. The first-order chi connectivity index (χ1) is 13.5. The van der Waals surface area contributed by atoms with Crippen LogP contribution in [0.2, 0.25) is 0 Å². The molecule has 6 nitrogen and oxygen atoms in total. The second-order valence-electron chi connectivity index (χ2n) is 7.49. The van der Waals surface area contributed by atoms with Gasteiger partial charge < -0.3 is 14.5 Å². The van der Waals surface area contributed by atoms with Gasteiger partial charge in [0.25, 0.3) is 0 Å². The van der Waals surface area contributed by atoms with Crippen LogP contribution >= 0.6 is 0 Å². The number of likely N-dealkylation sites (tertiary alicyclic amines) is 2. The van der Waals surface area contributed by atoms with Gasteiger partial charge in [0, 0.05) is 32.6 Å². The molecule has 2 saturated heterocycles. The molecular weight excluding hydrogens is 363 g/mol. The van der Waals surface area contributed by atoms with Crippen molar-refractivity contribution in [3.63, 3.8) is 0 Å². The topological polar surface area (TPSA) is 66.9 Å². The first-order valence-electron chi connectivity index (χ1n) is 9.95. The van der Waals surface area contributed by atoms with Gasteiger partial charge in [0.05, 0.1) is 18.4 Å². The Hall–Kier alpha value is -2.44. The number of carbonyl (C=O) groups is 3. The molecule has 2 atom stereocenters. The van der Waals surface area contributed by atoms with Gasteiger partial charge in [0.2, 0.25) is 11.8 Å². The highest BCUT2D eigenvalue weighted by molar-refractivity contribution is 5.89. The number of hydrogen-bond donors (Lipinski definition) is 0. The summed E-state index contributed by atoms with van der Waals surface area (Å²) in [5.74, 6) is -1.24. The molecule has 2 aliphatic heterocycles. The normalized spacial score (nSPS) is 22.4. The molecule has 152 valence electrons. The molecule has 1 aromatic rings. The summed E-state index contributed by atoms with van der Waals surface area (Å²) >= 11 is 0. The lowest BCUT2D eigenvalue weighted by molar-refractivity contribution is -0.152. The van der Waals surface area contributed by atoms with Gasteiger partial charge >= 0.3 is 5.97 Å². The molecule has 2 aliphatic rings. The molecule has 0 aromatic heterocycles. The fourth-order valence-electron chi connectivity index (χ4n) is 3.96. The molecule has 0 radical (unpaired) electrons. The van der Waals surface area contributed by atoms with E-state index >= 15 is 0 Å². The van der Waals surface area contributed by atoms with Crippen LogP contribution in [0.15, 0.2) is 24.3 Å². The molecule has 0 saturated carbocycles. The third kappa shape index (κ3) is 4.88. The second kappa shape index (κ2) is 9.17. The zero-order valence-electron chi connectivity index (χ0n) is 16.2. The summed E-state index contributed by atoms with van der Waals surface area (Å²) in [7, 11) is 0. The largest absolute Gasteiger partial charge is 0.466 e. The highest BCUT2D eigenvalue weighted by Crippen LogP contribution is 2.25. The van der Waals surface area contributed by atoms with Crippen molar-refractivity contribution in [3.8, 4) is 0 Å². The molecular formula is C21H27FN2O4. The van der Waals surface area contributed by atoms with Gasteiger partial charge in [-0.15, -0.1) is 0 Å². The molecule has 7 heteroatoms. The molecule has 0 N–H and O–H groups in total. The summed E-state index contributed by atoms with van der Waals surface area (Å²) in [5, 5.41) is 0. The molecule has 28 heavy (non-hydrogen) atoms. The summed E-state index contributed by atoms with van der Waals surface area (Å²) in [6.45, 7) is 4.02. The van der Waals surface area contributed by atoms with Crippen molar-refractivity contribution in [2.75, 3.05) is 32.8 Å². The van der Waals surface area contributed by atoms with Crippen LogP contribution in [0.25, 0.3) is 0 Å². The number of rotatable bonds is 6. The highest BCUT2D eigenvalue weighted by atomic mass is 19.1. The van der Waals surface area contributed by atoms with Crippen molar-refractivity contribution in [1.29, 1.82) is 0 Å². The fourth-order valence-corrected chi connectivity index (χ4v) is 3.96. The fraction of sp³-hybridized carbons (Fsp3) is 0.571. The zero-order valence-corrected chi connectivity index (χ0v) is 16.2. The van der Waals surface area contributed by atoms with E-state index < -0.39 is 0 Å². The minimum absolute atomic E-state index is 0.0283. The Morgan fingerprint density at radius 1 is 1.18 bits per heavy atom. The van der Waals surface area contributed by atoms with Gasteiger partial charge in [0.1, 0.15) is 5.82 Å². The molecule has 2 fully saturated rings. The predicted octanol–water partition coefficient (Wildman–Crippen LogP) is 2.02. The lowest BCUT2D eigenvalue weighted by Crippen LogP contribution is -2.45. The first kappa shape index (κ1) is 20.3. The zero-order chi connectivity index (χ0) is 20.1. The van der Waals surface area contributed by atoms with Crippen LogP contribution in [0.4, 0.5) is 4.39 Å². The van der Waals surface area contributed by atoms with Crippen molar-refractivity contribution >= 4 is 17.8 Å². The van der Waals surface area contributed by atoms with E-state index in [2.05, 4.69) is 0 Å². The Morgan fingerprint density at radius 2 is 1.93 bits per heavy atom. The number of benzene rings is 1. The number of ether oxygens (including phenoxy) is 1. The van der Waals surface area contributed by atoms with E-state index in [1.54, 1.807) is 28.9 Å².